The number of fused-ring (bicyclic) bond motifs is 1. The maximum atomic E-state index is 13.2. The molecule has 2 aliphatic rings. The van der Waals surface area contributed by atoms with E-state index in [0.717, 1.165) is 24.8 Å². The van der Waals surface area contributed by atoms with Gasteiger partial charge in [0.1, 0.15) is 0 Å². The third kappa shape index (κ3) is 5.29. The van der Waals surface area contributed by atoms with Crippen molar-refractivity contribution in [2.75, 3.05) is 13.1 Å². The van der Waals surface area contributed by atoms with Crippen molar-refractivity contribution < 1.29 is 14.4 Å². The molecule has 0 saturated carbocycles. The number of benzene rings is 3. The molecule has 2 fully saturated rings. The van der Waals surface area contributed by atoms with Gasteiger partial charge in [-0.05, 0) is 48.4 Å². The Morgan fingerprint density at radius 3 is 2.51 bits per heavy atom. The second kappa shape index (κ2) is 10.0. The van der Waals surface area contributed by atoms with Gasteiger partial charge in [0, 0.05) is 43.0 Å². The monoisotopic (exact) mass is 468 g/mol. The number of likely N-dealkylation sites (tertiary alicyclic amines) is 1. The van der Waals surface area contributed by atoms with Crippen molar-refractivity contribution in [1.29, 1.82) is 0 Å². The van der Waals surface area contributed by atoms with Crippen LogP contribution in [0.4, 0.5) is 0 Å². The fraction of sp³-hybridized carbons (Fsp3) is 0.367. The van der Waals surface area contributed by atoms with Gasteiger partial charge in [0.2, 0.25) is 11.8 Å². The zero-order valence-corrected chi connectivity index (χ0v) is 20.0. The largest absolute Gasteiger partial charge is 0.350 e. The highest BCUT2D eigenvalue weighted by Crippen LogP contribution is 2.31. The lowest BCUT2D eigenvalue weighted by atomic mass is 9.84. The van der Waals surface area contributed by atoms with E-state index in [-0.39, 0.29) is 23.5 Å². The maximum absolute atomic E-state index is 13.2. The Kier molecular flexibility index (Phi) is 6.67. The number of piperidine rings is 1. The Labute approximate surface area is 206 Å². The van der Waals surface area contributed by atoms with Gasteiger partial charge in [0.05, 0.1) is 0 Å². The van der Waals surface area contributed by atoms with Gasteiger partial charge in [0.25, 0.3) is 0 Å². The molecular formula is C30H32N2O3. The van der Waals surface area contributed by atoms with Gasteiger partial charge in [-0.1, -0.05) is 72.8 Å². The molecule has 1 N–H and O–H groups in total. The van der Waals surface area contributed by atoms with Crippen molar-refractivity contribution in [1.82, 2.24) is 10.2 Å². The third-order valence-corrected chi connectivity index (χ3v) is 7.61. The quantitative estimate of drug-likeness (QED) is 0.500. The lowest BCUT2D eigenvalue weighted by molar-refractivity contribution is -0.133. The van der Waals surface area contributed by atoms with E-state index in [9.17, 15) is 14.4 Å². The Morgan fingerprint density at radius 1 is 0.971 bits per heavy atom. The molecule has 0 radical (unpaired) electrons. The number of carbonyl (C=O) groups is 3. The van der Waals surface area contributed by atoms with Crippen LogP contribution in [0, 0.1) is 5.92 Å². The summed E-state index contributed by atoms with van der Waals surface area (Å²) >= 11 is 0. The van der Waals surface area contributed by atoms with Crippen molar-refractivity contribution in [3.8, 4) is 0 Å². The molecule has 0 bridgehead atoms. The van der Waals surface area contributed by atoms with Gasteiger partial charge in [0.15, 0.2) is 5.78 Å². The molecule has 180 valence electrons. The summed E-state index contributed by atoms with van der Waals surface area (Å²) in [5.74, 6) is 0.117. The van der Waals surface area contributed by atoms with Gasteiger partial charge in [-0.3, -0.25) is 14.4 Å². The van der Waals surface area contributed by atoms with Crippen LogP contribution in [0.15, 0.2) is 72.8 Å². The topological polar surface area (TPSA) is 66.5 Å². The van der Waals surface area contributed by atoms with Gasteiger partial charge >= 0.3 is 0 Å². The average Bonchev–Trinajstić information content (AvgIpc) is 3.27. The van der Waals surface area contributed by atoms with Crippen LogP contribution >= 0.6 is 0 Å². The average molecular weight is 469 g/mol. The highest BCUT2D eigenvalue weighted by molar-refractivity contribution is 5.98. The first-order valence-corrected chi connectivity index (χ1v) is 12.7. The molecule has 2 atom stereocenters. The maximum Gasteiger partial charge on any atom is 0.222 e. The van der Waals surface area contributed by atoms with Crippen LogP contribution in [0.1, 0.15) is 54.4 Å². The number of Topliss-reactive ketones (excluding diaryl/α,β-unsaturated/α-hetero) is 1. The number of carbonyl (C=O) groups excluding carboxylic acids is 3. The number of hydrogen-bond acceptors (Lipinski definition) is 3. The molecule has 0 aliphatic carbocycles. The van der Waals surface area contributed by atoms with Gasteiger partial charge in [-0.15, -0.1) is 0 Å². The molecule has 0 aromatic heterocycles. The van der Waals surface area contributed by atoms with Crippen LogP contribution in [-0.4, -0.2) is 41.1 Å². The summed E-state index contributed by atoms with van der Waals surface area (Å²) in [7, 11) is 0. The SMILES string of the molecule is O=C1CC[C@](CCC(=O)N2CCC[C@@H](C(=O)c3ccccc3)C2)(Cc2ccc3ccccc3c2)N1. The van der Waals surface area contributed by atoms with E-state index >= 15 is 0 Å². The minimum Gasteiger partial charge on any atom is -0.350 e. The molecule has 35 heavy (non-hydrogen) atoms. The standard InChI is InChI=1S/C30H32N2O3/c33-27-14-16-30(31-27,20-22-12-13-23-7-4-5-10-25(23)19-22)17-15-28(34)32-18-6-11-26(21-32)29(35)24-8-2-1-3-9-24/h1-5,7-10,12-13,19,26H,6,11,14-18,20-21H2,(H,31,33)/t26-,30+/m1/s1. The zero-order valence-electron chi connectivity index (χ0n) is 20.0. The summed E-state index contributed by atoms with van der Waals surface area (Å²) < 4.78 is 0. The third-order valence-electron chi connectivity index (χ3n) is 7.61. The normalized spacial score (nSPS) is 22.2. The smallest absolute Gasteiger partial charge is 0.222 e. The lowest BCUT2D eigenvalue weighted by Crippen LogP contribution is -2.46. The van der Waals surface area contributed by atoms with E-state index in [1.165, 1.54) is 16.3 Å². The number of rotatable bonds is 7. The molecule has 2 amide bonds. The summed E-state index contributed by atoms with van der Waals surface area (Å²) in [5.41, 5.74) is 1.49. The summed E-state index contributed by atoms with van der Waals surface area (Å²) in [6.45, 7) is 1.18. The first-order chi connectivity index (χ1) is 17.0. The van der Waals surface area contributed by atoms with Crippen molar-refractivity contribution in [3.63, 3.8) is 0 Å². The summed E-state index contributed by atoms with van der Waals surface area (Å²) in [5, 5.41) is 5.59. The first-order valence-electron chi connectivity index (χ1n) is 12.7. The summed E-state index contributed by atoms with van der Waals surface area (Å²) in [6, 6.07) is 24.1. The number of nitrogens with zero attached hydrogens (tertiary/aromatic N) is 1. The molecule has 2 saturated heterocycles. The molecule has 5 heteroatoms. The second-order valence-corrected chi connectivity index (χ2v) is 10.1. The Hall–Kier alpha value is -3.47. The molecular weight excluding hydrogens is 436 g/mol. The zero-order chi connectivity index (χ0) is 24.3. The number of nitrogens with one attached hydrogen (secondary N) is 1. The minimum atomic E-state index is -0.399. The van der Waals surface area contributed by atoms with E-state index < -0.39 is 5.54 Å². The molecule has 3 aromatic carbocycles. The minimum absolute atomic E-state index is 0.0599. The van der Waals surface area contributed by atoms with E-state index in [1.54, 1.807) is 0 Å². The molecule has 3 aromatic rings. The molecule has 2 heterocycles. The Morgan fingerprint density at radius 2 is 1.74 bits per heavy atom. The highest BCUT2D eigenvalue weighted by atomic mass is 16.2. The molecule has 5 rings (SSSR count). The summed E-state index contributed by atoms with van der Waals surface area (Å²) in [4.78, 5) is 40.2. The van der Waals surface area contributed by atoms with Gasteiger partial charge in [-0.2, -0.15) is 0 Å². The van der Waals surface area contributed by atoms with Crippen LogP contribution in [0.5, 0.6) is 0 Å². The number of ketones is 1. The fourth-order valence-corrected chi connectivity index (χ4v) is 5.68. The second-order valence-electron chi connectivity index (χ2n) is 10.1. The van der Waals surface area contributed by atoms with Crippen LogP contribution < -0.4 is 5.32 Å². The molecule has 2 aliphatic heterocycles. The first kappa shape index (κ1) is 23.3. The van der Waals surface area contributed by atoms with Crippen molar-refractivity contribution in [2.24, 2.45) is 5.92 Å². The molecule has 0 spiro atoms. The Balaban J connectivity index is 1.24. The van der Waals surface area contributed by atoms with Crippen molar-refractivity contribution in [3.05, 3.63) is 83.9 Å². The van der Waals surface area contributed by atoms with E-state index in [4.69, 9.17) is 0 Å². The van der Waals surface area contributed by atoms with Crippen LogP contribution in [0.2, 0.25) is 0 Å². The number of amides is 2. The van der Waals surface area contributed by atoms with Crippen LogP contribution in [-0.2, 0) is 16.0 Å². The predicted molar refractivity (Wildman–Crippen MR) is 137 cm³/mol. The number of hydrogen-bond donors (Lipinski definition) is 1. The summed E-state index contributed by atoms with van der Waals surface area (Å²) in [6.07, 6.45) is 4.60. The molecule has 5 nitrogen and oxygen atoms in total. The van der Waals surface area contributed by atoms with Crippen LogP contribution in [0.25, 0.3) is 10.8 Å². The molecule has 0 unspecified atom stereocenters. The van der Waals surface area contributed by atoms with E-state index in [0.29, 0.717) is 38.8 Å². The Bertz CT molecular complexity index is 1240. The van der Waals surface area contributed by atoms with Crippen molar-refractivity contribution in [2.45, 2.75) is 50.5 Å². The fourth-order valence-electron chi connectivity index (χ4n) is 5.68. The van der Waals surface area contributed by atoms with E-state index in [2.05, 4.69) is 35.6 Å². The lowest BCUT2D eigenvalue weighted by Gasteiger charge is -2.34. The van der Waals surface area contributed by atoms with Gasteiger partial charge < -0.3 is 10.2 Å². The van der Waals surface area contributed by atoms with Gasteiger partial charge in [-0.25, -0.2) is 0 Å². The van der Waals surface area contributed by atoms with E-state index in [1.807, 2.05) is 47.4 Å². The predicted octanol–water partition coefficient (Wildman–Crippen LogP) is 4.93. The van der Waals surface area contributed by atoms with Crippen LogP contribution in [0.3, 0.4) is 0 Å². The van der Waals surface area contributed by atoms with Crippen molar-refractivity contribution >= 4 is 28.4 Å². The highest BCUT2D eigenvalue weighted by Gasteiger charge is 2.38.